The van der Waals surface area contributed by atoms with Crippen LogP contribution in [0.1, 0.15) is 24.8 Å². The van der Waals surface area contributed by atoms with Crippen LogP contribution in [0.25, 0.3) is 0 Å². The molecule has 0 radical (unpaired) electrons. The Labute approximate surface area is 107 Å². The number of hydrogen-bond donors (Lipinski definition) is 1. The number of methoxy groups -OCH3 is 1. The number of hydrogen-bond acceptors (Lipinski definition) is 5. The maximum Gasteiger partial charge on any atom is 0.290 e. The highest BCUT2D eigenvalue weighted by Crippen LogP contribution is 2.18. The molecule has 0 bridgehead atoms. The van der Waals surface area contributed by atoms with Gasteiger partial charge in [-0.15, -0.1) is 0 Å². The van der Waals surface area contributed by atoms with Gasteiger partial charge in [-0.25, -0.2) is 4.98 Å². The minimum absolute atomic E-state index is 0.0562. The molecule has 1 rings (SSSR count). The third-order valence-corrected chi connectivity index (χ3v) is 2.61. The lowest BCUT2D eigenvalue weighted by Gasteiger charge is -2.06. The third-order valence-electron chi connectivity index (χ3n) is 2.61. The van der Waals surface area contributed by atoms with Crippen molar-refractivity contribution in [3.63, 3.8) is 0 Å². The summed E-state index contributed by atoms with van der Waals surface area (Å²) in [5.74, 6) is 0.685. The van der Waals surface area contributed by atoms with Crippen LogP contribution in [0.4, 0.5) is 11.5 Å². The molecule has 0 aliphatic carbocycles. The van der Waals surface area contributed by atoms with Crippen LogP contribution in [0.2, 0.25) is 0 Å². The smallest absolute Gasteiger partial charge is 0.290 e. The number of unbranched alkanes of at least 4 members (excludes halogenated alkanes) is 2. The van der Waals surface area contributed by atoms with Gasteiger partial charge in [-0.05, 0) is 32.3 Å². The normalized spacial score (nSPS) is 10.3. The number of nitrogens with zero attached hydrogens (tertiary/aromatic N) is 2. The molecule has 0 aromatic carbocycles. The van der Waals surface area contributed by atoms with Gasteiger partial charge in [-0.2, -0.15) is 0 Å². The molecule has 100 valence electrons. The van der Waals surface area contributed by atoms with E-state index in [2.05, 4.69) is 10.3 Å². The number of nitrogens with one attached hydrogen (secondary N) is 1. The molecule has 6 heteroatoms. The van der Waals surface area contributed by atoms with Gasteiger partial charge in [0.05, 0.1) is 4.92 Å². The Kier molecular flexibility index (Phi) is 6.07. The highest BCUT2D eigenvalue weighted by Gasteiger charge is 2.10. The van der Waals surface area contributed by atoms with Gasteiger partial charge >= 0.3 is 0 Å². The van der Waals surface area contributed by atoms with Gasteiger partial charge in [0, 0.05) is 25.8 Å². The molecule has 0 spiro atoms. The molecule has 1 aromatic rings. The second-order valence-electron chi connectivity index (χ2n) is 4.09. The Morgan fingerprint density at radius 1 is 1.44 bits per heavy atom. The van der Waals surface area contributed by atoms with Crippen molar-refractivity contribution in [3.05, 3.63) is 27.9 Å². The number of nitro groups is 1. The predicted octanol–water partition coefficient (Wildman–Crippen LogP) is 2.53. The Hall–Kier alpha value is -1.69. The van der Waals surface area contributed by atoms with E-state index in [0.717, 1.165) is 32.4 Å². The minimum atomic E-state index is -0.420. The van der Waals surface area contributed by atoms with Crippen molar-refractivity contribution in [1.82, 2.24) is 4.98 Å². The van der Waals surface area contributed by atoms with E-state index in [0.29, 0.717) is 11.4 Å². The Morgan fingerprint density at radius 3 is 2.83 bits per heavy atom. The van der Waals surface area contributed by atoms with E-state index in [1.54, 1.807) is 20.1 Å². The third kappa shape index (κ3) is 4.67. The predicted molar refractivity (Wildman–Crippen MR) is 69.8 cm³/mol. The molecule has 1 heterocycles. The molecule has 0 saturated carbocycles. The summed E-state index contributed by atoms with van der Waals surface area (Å²) in [4.78, 5) is 14.2. The summed E-state index contributed by atoms with van der Waals surface area (Å²) in [7, 11) is 1.70. The van der Waals surface area contributed by atoms with E-state index in [1.807, 2.05) is 0 Å². The Bertz CT molecular complexity index is 396. The fourth-order valence-corrected chi connectivity index (χ4v) is 1.60. The quantitative estimate of drug-likeness (QED) is 0.437. The van der Waals surface area contributed by atoms with Gasteiger partial charge in [0.2, 0.25) is 0 Å². The summed E-state index contributed by atoms with van der Waals surface area (Å²) in [6.07, 6.45) is 4.46. The van der Waals surface area contributed by atoms with Crippen LogP contribution in [-0.2, 0) is 4.74 Å². The van der Waals surface area contributed by atoms with Crippen molar-refractivity contribution in [1.29, 1.82) is 0 Å². The zero-order valence-corrected chi connectivity index (χ0v) is 10.8. The first-order valence-corrected chi connectivity index (χ1v) is 5.99. The van der Waals surface area contributed by atoms with Crippen LogP contribution in [-0.4, -0.2) is 30.2 Å². The summed E-state index contributed by atoms with van der Waals surface area (Å²) >= 11 is 0. The van der Waals surface area contributed by atoms with Gasteiger partial charge in [0.25, 0.3) is 5.69 Å². The molecular formula is C12H19N3O3. The van der Waals surface area contributed by atoms with Gasteiger partial charge in [0.1, 0.15) is 12.0 Å². The van der Waals surface area contributed by atoms with Crippen molar-refractivity contribution >= 4 is 11.5 Å². The first kappa shape index (κ1) is 14.4. The van der Waals surface area contributed by atoms with E-state index in [9.17, 15) is 10.1 Å². The molecule has 1 aromatic heterocycles. The Balaban J connectivity index is 2.35. The zero-order valence-electron chi connectivity index (χ0n) is 10.8. The van der Waals surface area contributed by atoms with Gasteiger partial charge < -0.3 is 10.1 Å². The molecular weight excluding hydrogens is 234 g/mol. The summed E-state index contributed by atoms with van der Waals surface area (Å²) < 4.78 is 4.96. The fraction of sp³-hybridized carbons (Fsp3) is 0.583. The van der Waals surface area contributed by atoms with Crippen LogP contribution in [0.5, 0.6) is 0 Å². The van der Waals surface area contributed by atoms with Crippen molar-refractivity contribution in [3.8, 4) is 0 Å². The van der Waals surface area contributed by atoms with Crippen molar-refractivity contribution in [2.45, 2.75) is 26.2 Å². The number of ether oxygens (including phenoxy) is 1. The van der Waals surface area contributed by atoms with Crippen molar-refractivity contribution in [2.75, 3.05) is 25.6 Å². The maximum atomic E-state index is 10.6. The fourth-order valence-electron chi connectivity index (χ4n) is 1.60. The van der Waals surface area contributed by atoms with E-state index >= 15 is 0 Å². The standard InChI is InChI=1S/C12H19N3O3/c1-10-8-12(14-9-11(10)15(16)17)13-6-4-3-5-7-18-2/h8-9H,3-7H2,1-2H3,(H,13,14). The first-order chi connectivity index (χ1) is 8.65. The van der Waals surface area contributed by atoms with Crippen LogP contribution >= 0.6 is 0 Å². The van der Waals surface area contributed by atoms with Gasteiger partial charge in [0.15, 0.2) is 0 Å². The maximum absolute atomic E-state index is 10.6. The van der Waals surface area contributed by atoms with Crippen LogP contribution in [0.15, 0.2) is 12.3 Å². The summed E-state index contributed by atoms with van der Waals surface area (Å²) in [5, 5.41) is 13.8. The molecule has 0 aliphatic heterocycles. The molecule has 0 saturated heterocycles. The molecule has 1 N–H and O–H groups in total. The summed E-state index contributed by atoms with van der Waals surface area (Å²) in [5.41, 5.74) is 0.678. The van der Waals surface area contributed by atoms with Crippen LogP contribution < -0.4 is 5.32 Å². The van der Waals surface area contributed by atoms with E-state index in [-0.39, 0.29) is 5.69 Å². The lowest BCUT2D eigenvalue weighted by atomic mass is 10.2. The molecule has 0 atom stereocenters. The SMILES string of the molecule is COCCCCCNc1cc(C)c([N+](=O)[O-])cn1. The average molecular weight is 253 g/mol. The Morgan fingerprint density at radius 2 is 2.22 bits per heavy atom. The molecule has 0 amide bonds. The summed E-state index contributed by atoms with van der Waals surface area (Å²) in [6, 6.07) is 1.70. The lowest BCUT2D eigenvalue weighted by molar-refractivity contribution is -0.385. The molecule has 0 aliphatic rings. The molecule has 0 unspecified atom stereocenters. The van der Waals surface area contributed by atoms with Crippen LogP contribution in [0, 0.1) is 17.0 Å². The average Bonchev–Trinajstić information content (AvgIpc) is 2.33. The van der Waals surface area contributed by atoms with E-state index in [1.165, 1.54) is 6.20 Å². The lowest BCUT2D eigenvalue weighted by Crippen LogP contribution is -2.04. The monoisotopic (exact) mass is 253 g/mol. The highest BCUT2D eigenvalue weighted by molar-refractivity contribution is 5.46. The van der Waals surface area contributed by atoms with E-state index < -0.39 is 4.92 Å². The number of anilines is 1. The van der Waals surface area contributed by atoms with E-state index in [4.69, 9.17) is 4.74 Å². The van der Waals surface area contributed by atoms with Crippen LogP contribution in [0.3, 0.4) is 0 Å². The number of aryl methyl sites for hydroxylation is 1. The largest absolute Gasteiger partial charge is 0.385 e. The highest BCUT2D eigenvalue weighted by atomic mass is 16.6. The second-order valence-corrected chi connectivity index (χ2v) is 4.09. The second kappa shape index (κ2) is 7.60. The molecule has 0 fully saturated rings. The zero-order chi connectivity index (χ0) is 13.4. The van der Waals surface area contributed by atoms with Crippen molar-refractivity contribution < 1.29 is 9.66 Å². The molecule has 6 nitrogen and oxygen atoms in total. The number of pyridine rings is 1. The van der Waals surface area contributed by atoms with Crippen molar-refractivity contribution in [2.24, 2.45) is 0 Å². The molecule has 18 heavy (non-hydrogen) atoms. The number of rotatable bonds is 8. The van der Waals surface area contributed by atoms with Gasteiger partial charge in [-0.1, -0.05) is 0 Å². The number of aromatic nitrogens is 1. The first-order valence-electron chi connectivity index (χ1n) is 5.99. The van der Waals surface area contributed by atoms with Gasteiger partial charge in [-0.3, -0.25) is 10.1 Å². The minimum Gasteiger partial charge on any atom is -0.385 e. The summed E-state index contributed by atoms with van der Waals surface area (Å²) in [6.45, 7) is 3.31. The topological polar surface area (TPSA) is 77.3 Å².